The number of carbonyl (C=O) groups is 3. The lowest BCUT2D eigenvalue weighted by molar-refractivity contribution is -0.160. The summed E-state index contributed by atoms with van der Waals surface area (Å²) in [5.41, 5.74) is 1.59. The van der Waals surface area contributed by atoms with E-state index in [1.165, 1.54) is 11.8 Å². The average Bonchev–Trinajstić information content (AvgIpc) is 3.13. The lowest BCUT2D eigenvalue weighted by atomic mass is 9.87. The highest BCUT2D eigenvalue weighted by molar-refractivity contribution is 7.99. The maximum absolute atomic E-state index is 12.6. The Kier molecular flexibility index (Phi) is 9.15. The third-order valence-electron chi connectivity index (χ3n) is 6.11. The summed E-state index contributed by atoms with van der Waals surface area (Å²) in [6, 6.07) is 5.82. The molecule has 0 saturated carbocycles. The van der Waals surface area contributed by atoms with E-state index in [1.807, 2.05) is 39.0 Å². The first-order chi connectivity index (χ1) is 16.1. The van der Waals surface area contributed by atoms with Crippen molar-refractivity contribution < 1.29 is 23.9 Å². The zero-order valence-corrected chi connectivity index (χ0v) is 22.0. The van der Waals surface area contributed by atoms with E-state index in [0.717, 1.165) is 11.3 Å². The molecule has 0 bridgehead atoms. The van der Waals surface area contributed by atoms with Gasteiger partial charge in [-0.25, -0.2) is 0 Å². The second-order valence-electron chi connectivity index (χ2n) is 9.78. The van der Waals surface area contributed by atoms with Crippen molar-refractivity contribution in [3.8, 4) is 0 Å². The minimum atomic E-state index is -0.489. The molecule has 0 aromatic heterocycles. The molecule has 3 rings (SSSR count). The van der Waals surface area contributed by atoms with Gasteiger partial charge in [-0.3, -0.25) is 14.4 Å². The Bertz CT molecular complexity index is 896. The largest absolute Gasteiger partial charge is 0.465 e. The molecule has 0 spiro atoms. The number of esters is 2. The SMILES string of the molecule is CCOC(=O)CSCC1C(=O)NC[C@@H]1c1ccc(Cl)cc1N1CCC(C(=O)OC(C)(C)C)CC1. The number of anilines is 1. The third-order valence-corrected chi connectivity index (χ3v) is 7.38. The van der Waals surface area contributed by atoms with E-state index in [-0.39, 0.29) is 41.4 Å². The van der Waals surface area contributed by atoms with Gasteiger partial charge in [0.25, 0.3) is 0 Å². The van der Waals surface area contributed by atoms with Gasteiger partial charge < -0.3 is 19.7 Å². The number of halogens is 1. The molecule has 1 unspecified atom stereocenters. The molecule has 0 aliphatic carbocycles. The van der Waals surface area contributed by atoms with Crippen molar-refractivity contribution in [3.05, 3.63) is 28.8 Å². The monoisotopic (exact) mass is 510 g/mol. The molecule has 2 fully saturated rings. The van der Waals surface area contributed by atoms with Crippen LogP contribution in [0.4, 0.5) is 5.69 Å². The number of benzene rings is 1. The van der Waals surface area contributed by atoms with Crippen LogP contribution in [0.2, 0.25) is 5.02 Å². The molecular weight excluding hydrogens is 476 g/mol. The second-order valence-corrected chi connectivity index (χ2v) is 11.2. The lowest BCUT2D eigenvalue weighted by Crippen LogP contribution is -2.39. The Hall–Kier alpha value is -1.93. The van der Waals surface area contributed by atoms with Gasteiger partial charge in [-0.15, -0.1) is 11.8 Å². The van der Waals surface area contributed by atoms with Crippen LogP contribution in [0.15, 0.2) is 18.2 Å². The molecule has 1 aromatic carbocycles. The number of nitrogens with one attached hydrogen (secondary N) is 1. The fraction of sp³-hybridized carbons (Fsp3) is 0.640. The Morgan fingerprint density at radius 1 is 1.24 bits per heavy atom. The summed E-state index contributed by atoms with van der Waals surface area (Å²) in [7, 11) is 0. The van der Waals surface area contributed by atoms with Crippen molar-refractivity contribution in [2.45, 2.75) is 52.1 Å². The van der Waals surface area contributed by atoms with Crippen molar-refractivity contribution in [2.75, 3.05) is 42.6 Å². The molecule has 7 nitrogen and oxygen atoms in total. The Morgan fingerprint density at radius 3 is 2.59 bits per heavy atom. The van der Waals surface area contributed by atoms with Gasteiger partial charge in [-0.05, 0) is 58.2 Å². The van der Waals surface area contributed by atoms with Crippen molar-refractivity contribution >= 4 is 46.9 Å². The third kappa shape index (κ3) is 7.04. The molecule has 2 atom stereocenters. The zero-order valence-electron chi connectivity index (χ0n) is 20.4. The van der Waals surface area contributed by atoms with Crippen LogP contribution in [0, 0.1) is 11.8 Å². The van der Waals surface area contributed by atoms with E-state index in [9.17, 15) is 14.4 Å². The first-order valence-electron chi connectivity index (χ1n) is 11.9. The van der Waals surface area contributed by atoms with Gasteiger partial charge in [0.05, 0.1) is 24.2 Å². The van der Waals surface area contributed by atoms with Crippen LogP contribution >= 0.6 is 23.4 Å². The van der Waals surface area contributed by atoms with Crippen molar-refractivity contribution in [2.24, 2.45) is 11.8 Å². The van der Waals surface area contributed by atoms with Crippen LogP contribution in [0.3, 0.4) is 0 Å². The predicted octanol–water partition coefficient (Wildman–Crippen LogP) is 4.02. The highest BCUT2D eigenvalue weighted by Gasteiger charge is 2.38. The number of thioether (sulfide) groups is 1. The summed E-state index contributed by atoms with van der Waals surface area (Å²) in [6.45, 7) is 9.77. The van der Waals surface area contributed by atoms with Crippen LogP contribution in [0.25, 0.3) is 0 Å². The fourth-order valence-corrected chi connectivity index (χ4v) is 5.67. The van der Waals surface area contributed by atoms with Gasteiger partial charge in [0.2, 0.25) is 5.91 Å². The van der Waals surface area contributed by atoms with E-state index in [0.29, 0.717) is 49.9 Å². The summed E-state index contributed by atoms with van der Waals surface area (Å²) in [5, 5.41) is 3.63. The summed E-state index contributed by atoms with van der Waals surface area (Å²) in [5.74, 6) is 0.0151. The van der Waals surface area contributed by atoms with E-state index in [2.05, 4.69) is 10.2 Å². The molecule has 1 amide bonds. The molecule has 9 heteroatoms. The number of hydrogen-bond donors (Lipinski definition) is 1. The van der Waals surface area contributed by atoms with E-state index >= 15 is 0 Å². The first-order valence-corrected chi connectivity index (χ1v) is 13.4. The van der Waals surface area contributed by atoms with Crippen molar-refractivity contribution in [1.82, 2.24) is 5.32 Å². The second kappa shape index (κ2) is 11.7. The summed E-state index contributed by atoms with van der Waals surface area (Å²) in [6.07, 6.45) is 1.42. The first kappa shape index (κ1) is 26.7. The molecular formula is C25H35ClN2O5S. The number of carbonyl (C=O) groups excluding carboxylic acids is 3. The maximum atomic E-state index is 12.6. The molecule has 2 saturated heterocycles. The highest BCUT2D eigenvalue weighted by Crippen LogP contribution is 2.39. The Labute approximate surface area is 211 Å². The summed E-state index contributed by atoms with van der Waals surface area (Å²) >= 11 is 7.80. The Balaban J connectivity index is 1.70. The van der Waals surface area contributed by atoms with E-state index < -0.39 is 5.60 Å². The summed E-state index contributed by atoms with van der Waals surface area (Å²) < 4.78 is 10.6. The minimum Gasteiger partial charge on any atom is -0.465 e. The number of rotatable bonds is 8. The van der Waals surface area contributed by atoms with Gasteiger partial charge >= 0.3 is 11.9 Å². The maximum Gasteiger partial charge on any atom is 0.315 e. The average molecular weight is 511 g/mol. The normalized spacial score (nSPS) is 21.3. The number of hydrogen-bond acceptors (Lipinski definition) is 7. The smallest absolute Gasteiger partial charge is 0.315 e. The Morgan fingerprint density at radius 2 is 1.94 bits per heavy atom. The van der Waals surface area contributed by atoms with Crippen LogP contribution in [-0.2, 0) is 23.9 Å². The van der Waals surface area contributed by atoms with Gasteiger partial charge in [-0.2, -0.15) is 0 Å². The number of amides is 1. The molecule has 2 aliphatic rings. The molecule has 2 heterocycles. The topological polar surface area (TPSA) is 84.9 Å². The fourth-order valence-electron chi connectivity index (χ4n) is 4.50. The van der Waals surface area contributed by atoms with Crippen LogP contribution in [0.5, 0.6) is 0 Å². The van der Waals surface area contributed by atoms with Crippen molar-refractivity contribution in [3.63, 3.8) is 0 Å². The van der Waals surface area contributed by atoms with Gasteiger partial charge in [-0.1, -0.05) is 17.7 Å². The van der Waals surface area contributed by atoms with Crippen LogP contribution < -0.4 is 10.2 Å². The summed E-state index contributed by atoms with van der Waals surface area (Å²) in [4.78, 5) is 39.1. The van der Waals surface area contributed by atoms with Gasteiger partial charge in [0, 0.05) is 42.0 Å². The predicted molar refractivity (Wildman–Crippen MR) is 135 cm³/mol. The quantitative estimate of drug-likeness (QED) is 0.528. The standard InChI is InChI=1S/C25H35ClN2O5S/c1-5-32-22(29)15-34-14-20-19(13-27-23(20)30)18-7-6-17(26)12-21(18)28-10-8-16(9-11-28)24(31)33-25(2,3)4/h6-7,12,16,19-20H,5,8-11,13-15H2,1-4H3,(H,27,30)/t19-,20?/m1/s1. The molecule has 2 aliphatic heterocycles. The van der Waals surface area contributed by atoms with E-state index in [1.54, 1.807) is 6.92 Å². The molecule has 1 N–H and O–H groups in total. The highest BCUT2D eigenvalue weighted by atomic mass is 35.5. The minimum absolute atomic E-state index is 0.00546. The molecule has 34 heavy (non-hydrogen) atoms. The number of piperidine rings is 1. The molecule has 188 valence electrons. The number of nitrogens with zero attached hydrogens (tertiary/aromatic N) is 1. The van der Waals surface area contributed by atoms with Gasteiger partial charge in [0.15, 0.2) is 0 Å². The molecule has 0 radical (unpaired) electrons. The molecule has 1 aromatic rings. The lowest BCUT2D eigenvalue weighted by Gasteiger charge is -2.36. The van der Waals surface area contributed by atoms with Crippen LogP contribution in [-0.4, -0.2) is 61.2 Å². The van der Waals surface area contributed by atoms with Gasteiger partial charge in [0.1, 0.15) is 5.60 Å². The number of ether oxygens (including phenoxy) is 2. The van der Waals surface area contributed by atoms with Crippen molar-refractivity contribution in [1.29, 1.82) is 0 Å². The van der Waals surface area contributed by atoms with Crippen LogP contribution in [0.1, 0.15) is 52.0 Å². The zero-order chi connectivity index (χ0) is 24.9. The van der Waals surface area contributed by atoms with E-state index in [4.69, 9.17) is 21.1 Å².